The van der Waals surface area contributed by atoms with Gasteiger partial charge in [-0.2, -0.15) is 11.8 Å². The van der Waals surface area contributed by atoms with Crippen molar-refractivity contribution in [2.24, 2.45) is 0 Å². The molecule has 18 heavy (non-hydrogen) atoms. The molecule has 0 aromatic heterocycles. The van der Waals surface area contributed by atoms with E-state index in [1.165, 1.54) is 12.1 Å². The Morgan fingerprint density at radius 1 is 1.50 bits per heavy atom. The van der Waals surface area contributed by atoms with Crippen LogP contribution in [0.25, 0.3) is 0 Å². The van der Waals surface area contributed by atoms with Gasteiger partial charge < -0.3 is 9.84 Å². The van der Waals surface area contributed by atoms with Gasteiger partial charge in [0, 0.05) is 23.5 Å². The van der Waals surface area contributed by atoms with Crippen molar-refractivity contribution in [1.29, 1.82) is 0 Å². The zero-order valence-corrected chi connectivity index (χ0v) is 11.9. The second-order valence-electron chi connectivity index (χ2n) is 4.08. The fourth-order valence-electron chi connectivity index (χ4n) is 1.82. The van der Waals surface area contributed by atoms with Crippen molar-refractivity contribution in [2.45, 2.75) is 18.6 Å². The van der Waals surface area contributed by atoms with Crippen LogP contribution in [0.4, 0.5) is 8.78 Å². The van der Waals surface area contributed by atoms with Crippen LogP contribution in [-0.2, 0) is 11.2 Å². The van der Waals surface area contributed by atoms with Gasteiger partial charge in [-0.15, -0.1) is 0 Å². The van der Waals surface area contributed by atoms with E-state index in [4.69, 9.17) is 4.74 Å². The Morgan fingerprint density at radius 2 is 2.28 bits per heavy atom. The number of ether oxygens (including phenoxy) is 1. The Morgan fingerprint density at radius 3 is 2.94 bits per heavy atom. The van der Waals surface area contributed by atoms with Gasteiger partial charge in [-0.25, -0.2) is 8.78 Å². The number of aliphatic hydroxyl groups excluding tert-OH is 1. The molecule has 0 amide bonds. The number of hydrogen-bond acceptors (Lipinski definition) is 3. The van der Waals surface area contributed by atoms with Gasteiger partial charge >= 0.3 is 0 Å². The van der Waals surface area contributed by atoms with Crippen LogP contribution in [0.3, 0.4) is 0 Å². The fraction of sp³-hybridized carbons (Fsp3) is 0.500. The molecule has 1 fully saturated rings. The summed E-state index contributed by atoms with van der Waals surface area (Å²) in [6, 6.07) is 2.50. The molecule has 6 heteroatoms. The molecule has 1 aromatic rings. The lowest BCUT2D eigenvalue weighted by Gasteiger charge is -2.27. The molecule has 1 aliphatic rings. The van der Waals surface area contributed by atoms with Crippen LogP contribution >= 0.6 is 27.7 Å². The van der Waals surface area contributed by atoms with Gasteiger partial charge in [0.15, 0.2) is 0 Å². The average Bonchev–Trinajstić information content (AvgIpc) is 2.40. The molecular weight excluding hydrogens is 326 g/mol. The first-order valence-electron chi connectivity index (χ1n) is 5.59. The topological polar surface area (TPSA) is 29.5 Å². The molecule has 0 saturated carbocycles. The lowest BCUT2D eigenvalue weighted by molar-refractivity contribution is -0.0214. The van der Waals surface area contributed by atoms with Gasteiger partial charge in [0.05, 0.1) is 23.3 Å². The molecule has 1 saturated heterocycles. The fourth-order valence-corrected chi connectivity index (χ4v) is 3.13. The third-order valence-corrected chi connectivity index (χ3v) is 4.46. The minimum Gasteiger partial charge on any atom is -0.390 e. The highest BCUT2D eigenvalue weighted by Crippen LogP contribution is 2.25. The van der Waals surface area contributed by atoms with Crippen molar-refractivity contribution in [3.63, 3.8) is 0 Å². The van der Waals surface area contributed by atoms with E-state index in [2.05, 4.69) is 15.9 Å². The van der Waals surface area contributed by atoms with E-state index in [1.807, 2.05) is 0 Å². The quantitative estimate of drug-likeness (QED) is 0.859. The van der Waals surface area contributed by atoms with Crippen LogP contribution < -0.4 is 0 Å². The normalized spacial score (nSPS) is 21.9. The molecular formula is C12H13BrF2O2S. The number of halogens is 3. The van der Waals surface area contributed by atoms with Gasteiger partial charge in [-0.3, -0.25) is 0 Å². The van der Waals surface area contributed by atoms with Crippen molar-refractivity contribution in [3.8, 4) is 0 Å². The van der Waals surface area contributed by atoms with Crippen molar-refractivity contribution in [1.82, 2.24) is 0 Å². The summed E-state index contributed by atoms with van der Waals surface area (Å²) < 4.78 is 32.9. The number of thioether (sulfide) groups is 1. The SMILES string of the molecule is OC(Cc1c(F)ccc(Br)c1F)C1CSCCO1. The molecule has 0 radical (unpaired) electrons. The molecule has 0 spiro atoms. The summed E-state index contributed by atoms with van der Waals surface area (Å²) >= 11 is 4.68. The van der Waals surface area contributed by atoms with Crippen LogP contribution in [0, 0.1) is 11.6 Å². The summed E-state index contributed by atoms with van der Waals surface area (Å²) in [5.74, 6) is 0.247. The summed E-state index contributed by atoms with van der Waals surface area (Å²) in [7, 11) is 0. The first kappa shape index (κ1) is 14.2. The molecule has 2 atom stereocenters. The Hall–Kier alpha value is -0.170. The number of aliphatic hydroxyl groups is 1. The summed E-state index contributed by atoms with van der Waals surface area (Å²) in [6.07, 6.45) is -1.33. The van der Waals surface area contributed by atoms with Crippen LogP contribution in [0.15, 0.2) is 16.6 Å². The number of rotatable bonds is 3. The van der Waals surface area contributed by atoms with Crippen molar-refractivity contribution >= 4 is 27.7 Å². The van der Waals surface area contributed by atoms with E-state index in [1.54, 1.807) is 11.8 Å². The number of benzene rings is 1. The van der Waals surface area contributed by atoms with Gasteiger partial charge in [0.25, 0.3) is 0 Å². The van der Waals surface area contributed by atoms with E-state index < -0.39 is 17.7 Å². The Kier molecular flexibility index (Phi) is 5.00. The predicted molar refractivity (Wildman–Crippen MR) is 70.8 cm³/mol. The first-order chi connectivity index (χ1) is 8.59. The summed E-state index contributed by atoms with van der Waals surface area (Å²) in [6.45, 7) is 0.565. The molecule has 1 aliphatic heterocycles. The lowest BCUT2D eigenvalue weighted by Crippen LogP contribution is -2.36. The Balaban J connectivity index is 2.10. The van der Waals surface area contributed by atoms with Crippen molar-refractivity contribution in [2.75, 3.05) is 18.1 Å². The summed E-state index contributed by atoms with van der Waals surface area (Å²) in [5.41, 5.74) is -0.101. The van der Waals surface area contributed by atoms with Gasteiger partial charge in [0.2, 0.25) is 0 Å². The Bertz CT molecular complexity index is 425. The van der Waals surface area contributed by atoms with E-state index in [-0.39, 0.29) is 22.6 Å². The summed E-state index contributed by atoms with van der Waals surface area (Å²) in [5, 5.41) is 9.98. The van der Waals surface area contributed by atoms with E-state index in [9.17, 15) is 13.9 Å². The molecule has 2 rings (SSSR count). The second kappa shape index (κ2) is 6.32. The maximum atomic E-state index is 13.7. The molecule has 1 heterocycles. The molecule has 100 valence electrons. The van der Waals surface area contributed by atoms with Gasteiger partial charge in [-0.05, 0) is 28.1 Å². The minimum absolute atomic E-state index is 0.0810. The lowest BCUT2D eigenvalue weighted by atomic mass is 10.0. The largest absolute Gasteiger partial charge is 0.390 e. The highest BCUT2D eigenvalue weighted by atomic mass is 79.9. The highest BCUT2D eigenvalue weighted by molar-refractivity contribution is 9.10. The molecule has 0 aliphatic carbocycles. The predicted octanol–water partition coefficient (Wildman–Crippen LogP) is 2.76. The van der Waals surface area contributed by atoms with Gasteiger partial charge in [0.1, 0.15) is 11.6 Å². The van der Waals surface area contributed by atoms with Gasteiger partial charge in [-0.1, -0.05) is 0 Å². The molecule has 2 unspecified atom stereocenters. The van der Waals surface area contributed by atoms with Crippen molar-refractivity contribution < 1.29 is 18.6 Å². The minimum atomic E-state index is -0.893. The maximum Gasteiger partial charge on any atom is 0.143 e. The zero-order valence-electron chi connectivity index (χ0n) is 9.54. The van der Waals surface area contributed by atoms with E-state index >= 15 is 0 Å². The average molecular weight is 339 g/mol. The van der Waals surface area contributed by atoms with Crippen LogP contribution in [-0.4, -0.2) is 35.4 Å². The third kappa shape index (κ3) is 3.23. The standard InChI is InChI=1S/C12H13BrF2O2S/c13-8-1-2-9(14)7(12(8)15)5-10(16)11-6-18-4-3-17-11/h1-2,10-11,16H,3-6H2. The van der Waals surface area contributed by atoms with Crippen molar-refractivity contribution in [3.05, 3.63) is 33.8 Å². The molecule has 1 aromatic carbocycles. The third-order valence-electron chi connectivity index (χ3n) is 2.82. The van der Waals surface area contributed by atoms with E-state index in [0.717, 1.165) is 5.75 Å². The maximum absolute atomic E-state index is 13.7. The molecule has 0 bridgehead atoms. The number of hydrogen-bond donors (Lipinski definition) is 1. The smallest absolute Gasteiger partial charge is 0.143 e. The first-order valence-corrected chi connectivity index (χ1v) is 7.54. The second-order valence-corrected chi connectivity index (χ2v) is 6.08. The monoisotopic (exact) mass is 338 g/mol. The van der Waals surface area contributed by atoms with Crippen LogP contribution in [0.1, 0.15) is 5.56 Å². The Labute approximate surface area is 117 Å². The molecule has 1 N–H and O–H groups in total. The zero-order chi connectivity index (χ0) is 13.1. The van der Waals surface area contributed by atoms with Crippen LogP contribution in [0.2, 0.25) is 0 Å². The van der Waals surface area contributed by atoms with Crippen LogP contribution in [0.5, 0.6) is 0 Å². The van der Waals surface area contributed by atoms with E-state index in [0.29, 0.717) is 12.4 Å². The molecule has 2 nitrogen and oxygen atoms in total. The summed E-state index contributed by atoms with van der Waals surface area (Å²) in [4.78, 5) is 0. The highest BCUT2D eigenvalue weighted by Gasteiger charge is 2.25.